The van der Waals surface area contributed by atoms with Crippen LogP contribution in [0.15, 0.2) is 42.1 Å². The number of esters is 1. The first-order chi connectivity index (χ1) is 10.8. The van der Waals surface area contributed by atoms with Gasteiger partial charge in [0.05, 0.1) is 6.61 Å². The molecular weight excluding hydrogens is 294 g/mol. The number of hydrogen-bond acceptors (Lipinski definition) is 4. The molecule has 0 aromatic heterocycles. The van der Waals surface area contributed by atoms with E-state index in [0.717, 1.165) is 5.56 Å². The highest BCUT2D eigenvalue weighted by Gasteiger charge is 2.19. The Morgan fingerprint density at radius 2 is 1.87 bits per heavy atom. The van der Waals surface area contributed by atoms with Crippen LogP contribution < -0.4 is 5.32 Å². The summed E-state index contributed by atoms with van der Waals surface area (Å²) in [5.41, 5.74) is 0.0632. The fourth-order valence-electron chi connectivity index (χ4n) is 1.48. The standard InChI is InChI=1S/C18H21NO4/c1-5-22-16(20)15(19-17(21)23-18(2,3)4)13-9-12-14-10-7-6-8-11-14/h6-8,10-11,13H,5H2,1-4H3,(H,19,21)/b15-13-. The number of allylic oxidation sites excluding steroid dienone is 1. The summed E-state index contributed by atoms with van der Waals surface area (Å²) in [5, 5.41) is 2.37. The smallest absolute Gasteiger partial charge is 0.412 e. The Kier molecular flexibility index (Phi) is 6.88. The van der Waals surface area contributed by atoms with Crippen LogP contribution in [0.25, 0.3) is 0 Å². The van der Waals surface area contributed by atoms with Crippen molar-refractivity contribution < 1.29 is 19.1 Å². The molecule has 1 aromatic rings. The van der Waals surface area contributed by atoms with Crippen LogP contribution in [0.4, 0.5) is 4.79 Å². The number of ether oxygens (including phenoxy) is 2. The van der Waals surface area contributed by atoms with Crippen LogP contribution in [0.3, 0.4) is 0 Å². The normalized spacial score (nSPS) is 11.0. The Morgan fingerprint density at radius 1 is 1.22 bits per heavy atom. The maximum atomic E-state index is 11.9. The van der Waals surface area contributed by atoms with Crippen molar-refractivity contribution in [3.05, 3.63) is 47.7 Å². The minimum absolute atomic E-state index is 0.0652. The molecule has 122 valence electrons. The van der Waals surface area contributed by atoms with Gasteiger partial charge in [0.1, 0.15) is 11.3 Å². The zero-order valence-corrected chi connectivity index (χ0v) is 13.8. The molecule has 0 bridgehead atoms. The van der Waals surface area contributed by atoms with Crippen molar-refractivity contribution in [3.63, 3.8) is 0 Å². The maximum Gasteiger partial charge on any atom is 0.412 e. The molecule has 0 aliphatic carbocycles. The molecule has 5 nitrogen and oxygen atoms in total. The Bertz CT molecular complexity index is 630. The number of amides is 1. The van der Waals surface area contributed by atoms with Gasteiger partial charge in [-0.1, -0.05) is 30.0 Å². The van der Waals surface area contributed by atoms with Crippen LogP contribution >= 0.6 is 0 Å². The van der Waals surface area contributed by atoms with Crippen molar-refractivity contribution in [2.24, 2.45) is 0 Å². The molecule has 0 aliphatic rings. The van der Waals surface area contributed by atoms with Crippen LogP contribution in [0.1, 0.15) is 33.3 Å². The molecule has 0 saturated heterocycles. The molecule has 0 atom stereocenters. The van der Waals surface area contributed by atoms with Crippen LogP contribution in [0, 0.1) is 11.8 Å². The Hall–Kier alpha value is -2.74. The van der Waals surface area contributed by atoms with Crippen molar-refractivity contribution in [2.45, 2.75) is 33.3 Å². The first-order valence-corrected chi connectivity index (χ1v) is 7.25. The maximum absolute atomic E-state index is 11.9. The molecule has 1 aromatic carbocycles. The van der Waals surface area contributed by atoms with E-state index in [1.807, 2.05) is 30.3 Å². The highest BCUT2D eigenvalue weighted by atomic mass is 16.6. The predicted octanol–water partition coefficient (Wildman–Crippen LogP) is 3.01. The molecule has 0 heterocycles. The van der Waals surface area contributed by atoms with Gasteiger partial charge in [-0.2, -0.15) is 0 Å². The van der Waals surface area contributed by atoms with E-state index in [4.69, 9.17) is 9.47 Å². The van der Waals surface area contributed by atoms with Gasteiger partial charge in [0.25, 0.3) is 0 Å². The largest absolute Gasteiger partial charge is 0.461 e. The van der Waals surface area contributed by atoms with Crippen LogP contribution in [0.5, 0.6) is 0 Å². The van der Waals surface area contributed by atoms with E-state index in [2.05, 4.69) is 17.2 Å². The average molecular weight is 315 g/mol. The minimum atomic E-state index is -0.738. The predicted molar refractivity (Wildman–Crippen MR) is 87.4 cm³/mol. The number of rotatable bonds is 3. The quantitative estimate of drug-likeness (QED) is 0.529. The highest BCUT2D eigenvalue weighted by molar-refractivity contribution is 5.92. The second kappa shape index (κ2) is 8.64. The summed E-state index contributed by atoms with van der Waals surface area (Å²) >= 11 is 0. The van der Waals surface area contributed by atoms with Gasteiger partial charge in [0.2, 0.25) is 0 Å². The molecular formula is C18H21NO4. The van der Waals surface area contributed by atoms with Crippen LogP contribution in [0.2, 0.25) is 0 Å². The van der Waals surface area contributed by atoms with E-state index in [-0.39, 0.29) is 12.3 Å². The number of alkyl carbamates (subject to hydrolysis) is 1. The Balaban J connectivity index is 2.88. The first-order valence-electron chi connectivity index (χ1n) is 7.25. The van der Waals surface area contributed by atoms with E-state index in [1.165, 1.54) is 6.08 Å². The molecule has 0 radical (unpaired) electrons. The number of hydrogen-bond donors (Lipinski definition) is 1. The fraction of sp³-hybridized carbons (Fsp3) is 0.333. The molecule has 0 spiro atoms. The number of carbonyl (C=O) groups is 2. The van der Waals surface area contributed by atoms with Crippen LogP contribution in [-0.4, -0.2) is 24.3 Å². The van der Waals surface area contributed by atoms with Gasteiger partial charge in [-0.25, -0.2) is 9.59 Å². The van der Waals surface area contributed by atoms with Crippen molar-refractivity contribution >= 4 is 12.1 Å². The fourth-order valence-corrected chi connectivity index (χ4v) is 1.48. The molecule has 1 rings (SSSR count). The lowest BCUT2D eigenvalue weighted by molar-refractivity contribution is -0.139. The van der Waals surface area contributed by atoms with E-state index in [1.54, 1.807) is 27.7 Å². The summed E-state index contributed by atoms with van der Waals surface area (Å²) in [6.45, 7) is 7.07. The lowest BCUT2D eigenvalue weighted by Gasteiger charge is -2.19. The zero-order valence-electron chi connectivity index (χ0n) is 13.8. The summed E-state index contributed by atoms with van der Waals surface area (Å²) in [5.74, 6) is 4.93. The van der Waals surface area contributed by atoms with Gasteiger partial charge in [0.15, 0.2) is 0 Å². The van der Waals surface area contributed by atoms with Crippen molar-refractivity contribution in [2.75, 3.05) is 6.61 Å². The van der Waals surface area contributed by atoms with Gasteiger partial charge < -0.3 is 9.47 Å². The van der Waals surface area contributed by atoms with Gasteiger partial charge in [-0.3, -0.25) is 5.32 Å². The van der Waals surface area contributed by atoms with Gasteiger partial charge >= 0.3 is 12.1 Å². The molecule has 1 amide bonds. The van der Waals surface area contributed by atoms with Gasteiger partial charge in [0, 0.05) is 11.6 Å². The minimum Gasteiger partial charge on any atom is -0.461 e. The van der Waals surface area contributed by atoms with Gasteiger partial charge in [-0.15, -0.1) is 0 Å². The van der Waals surface area contributed by atoms with E-state index >= 15 is 0 Å². The average Bonchev–Trinajstić information content (AvgIpc) is 2.45. The van der Waals surface area contributed by atoms with Crippen molar-refractivity contribution in [3.8, 4) is 11.8 Å². The summed E-state index contributed by atoms with van der Waals surface area (Å²) in [7, 11) is 0. The summed E-state index contributed by atoms with van der Waals surface area (Å²) in [6, 6.07) is 9.28. The van der Waals surface area contributed by atoms with Gasteiger partial charge in [-0.05, 0) is 39.8 Å². The molecule has 1 N–H and O–H groups in total. The second-order valence-electron chi connectivity index (χ2n) is 5.54. The van der Waals surface area contributed by atoms with E-state index < -0.39 is 17.7 Å². The lowest BCUT2D eigenvalue weighted by atomic mass is 10.2. The number of nitrogens with one attached hydrogen (secondary N) is 1. The lowest BCUT2D eigenvalue weighted by Crippen LogP contribution is -2.34. The van der Waals surface area contributed by atoms with Crippen molar-refractivity contribution in [1.82, 2.24) is 5.32 Å². The zero-order chi connectivity index (χ0) is 17.3. The third-order valence-corrected chi connectivity index (χ3v) is 2.34. The SMILES string of the molecule is CCOC(=O)/C(=C/C#Cc1ccccc1)NC(=O)OC(C)(C)C. The summed E-state index contributed by atoms with van der Waals surface area (Å²) in [6.07, 6.45) is 0.563. The van der Waals surface area contributed by atoms with E-state index in [0.29, 0.717) is 0 Å². The van der Waals surface area contributed by atoms with Crippen molar-refractivity contribution in [1.29, 1.82) is 0 Å². The number of benzene rings is 1. The first kappa shape index (κ1) is 18.3. The highest BCUT2D eigenvalue weighted by Crippen LogP contribution is 2.07. The monoisotopic (exact) mass is 315 g/mol. The molecule has 0 unspecified atom stereocenters. The van der Waals surface area contributed by atoms with Crippen LogP contribution in [-0.2, 0) is 14.3 Å². The molecule has 0 fully saturated rings. The van der Waals surface area contributed by atoms with E-state index in [9.17, 15) is 9.59 Å². The second-order valence-corrected chi connectivity index (χ2v) is 5.54. The third-order valence-electron chi connectivity index (χ3n) is 2.34. The Morgan fingerprint density at radius 3 is 2.43 bits per heavy atom. The Labute approximate surface area is 136 Å². The molecule has 0 saturated carbocycles. The topological polar surface area (TPSA) is 64.6 Å². The molecule has 5 heteroatoms. The number of carbonyl (C=O) groups excluding carboxylic acids is 2. The third kappa shape index (κ3) is 7.72. The molecule has 0 aliphatic heterocycles. The summed E-state index contributed by atoms with van der Waals surface area (Å²) < 4.78 is 10.0. The summed E-state index contributed by atoms with van der Waals surface area (Å²) in [4.78, 5) is 23.6. The molecule has 23 heavy (non-hydrogen) atoms.